The Morgan fingerprint density at radius 2 is 1.87 bits per heavy atom. The van der Waals surface area contributed by atoms with E-state index in [1.807, 2.05) is 0 Å². The van der Waals surface area contributed by atoms with E-state index < -0.39 is 11.8 Å². The minimum Gasteiger partial charge on any atom is -0.480 e. The predicted octanol–water partition coefficient (Wildman–Crippen LogP) is 1.02. The fraction of sp³-hybridized carbons (Fsp3) is 0.333. The van der Waals surface area contributed by atoms with E-state index in [1.54, 1.807) is 0 Å². The van der Waals surface area contributed by atoms with Gasteiger partial charge in [0.05, 0.1) is 21.3 Å². The molecule has 0 unspecified atom stereocenters. The highest BCUT2D eigenvalue weighted by Crippen LogP contribution is 2.23. The van der Waals surface area contributed by atoms with Crippen molar-refractivity contribution in [2.45, 2.75) is 0 Å². The Balaban J connectivity index is 3.27. The van der Waals surface area contributed by atoms with Crippen LogP contribution in [0.5, 0.6) is 11.8 Å². The van der Waals surface area contributed by atoms with Crippen molar-refractivity contribution in [3.05, 3.63) is 17.4 Å². The summed E-state index contributed by atoms with van der Waals surface area (Å²) in [5.74, 6) is -1.75. The van der Waals surface area contributed by atoms with Crippen molar-refractivity contribution in [3.8, 4) is 11.8 Å². The van der Waals surface area contributed by atoms with Gasteiger partial charge in [-0.15, -0.1) is 0 Å². The number of methoxy groups -OCH3 is 3. The Morgan fingerprint density at radius 1 is 1.27 bits per heavy atom. The molecule has 0 bridgehead atoms. The van der Waals surface area contributed by atoms with Gasteiger partial charge in [0, 0.05) is 0 Å². The summed E-state index contributed by atoms with van der Waals surface area (Å²) in [4.78, 5) is 14.9. The Labute approximate surface area is 85.8 Å². The third kappa shape index (κ3) is 2.15. The van der Waals surface area contributed by atoms with E-state index >= 15 is 0 Å². The first-order chi connectivity index (χ1) is 7.13. The molecule has 0 aliphatic heterocycles. The smallest absolute Gasteiger partial charge is 0.343 e. The lowest BCUT2D eigenvalue weighted by atomic mass is 10.2. The molecule has 1 aromatic rings. The number of nitrogens with zero attached hydrogens (tertiary/aromatic N) is 1. The molecular weight excluding hydrogens is 205 g/mol. The van der Waals surface area contributed by atoms with Gasteiger partial charge in [-0.25, -0.2) is 9.18 Å². The molecule has 0 aromatic carbocycles. The zero-order valence-electron chi connectivity index (χ0n) is 8.54. The summed E-state index contributed by atoms with van der Waals surface area (Å²) in [5, 5.41) is 0. The second kappa shape index (κ2) is 4.59. The maximum absolute atomic E-state index is 13.2. The monoisotopic (exact) mass is 215 g/mol. The first-order valence-corrected chi connectivity index (χ1v) is 4.00. The molecule has 0 saturated heterocycles. The van der Waals surface area contributed by atoms with E-state index in [4.69, 9.17) is 4.74 Å². The molecule has 1 rings (SSSR count). The van der Waals surface area contributed by atoms with Crippen molar-refractivity contribution in [2.75, 3.05) is 21.3 Å². The minimum absolute atomic E-state index is 0.0416. The van der Waals surface area contributed by atoms with E-state index in [0.29, 0.717) is 0 Å². The number of pyridine rings is 1. The van der Waals surface area contributed by atoms with Crippen LogP contribution in [0, 0.1) is 5.82 Å². The number of aromatic nitrogens is 1. The highest BCUT2D eigenvalue weighted by molar-refractivity contribution is 5.91. The van der Waals surface area contributed by atoms with Gasteiger partial charge in [0.15, 0.2) is 5.82 Å². The largest absolute Gasteiger partial charge is 0.480 e. The van der Waals surface area contributed by atoms with Crippen LogP contribution >= 0.6 is 0 Å². The molecular formula is C9H10FNO4. The minimum atomic E-state index is -0.751. The van der Waals surface area contributed by atoms with Crippen LogP contribution in [0.4, 0.5) is 4.39 Å². The van der Waals surface area contributed by atoms with Crippen LogP contribution in [0.25, 0.3) is 0 Å². The summed E-state index contributed by atoms with van der Waals surface area (Å²) in [6.45, 7) is 0. The second-order valence-corrected chi connectivity index (χ2v) is 2.53. The Morgan fingerprint density at radius 3 is 2.33 bits per heavy atom. The van der Waals surface area contributed by atoms with Crippen molar-refractivity contribution >= 4 is 5.97 Å². The van der Waals surface area contributed by atoms with E-state index in [1.165, 1.54) is 21.3 Å². The number of esters is 1. The molecule has 0 aliphatic rings. The number of hydrogen-bond donors (Lipinski definition) is 0. The lowest BCUT2D eigenvalue weighted by molar-refractivity contribution is 0.0595. The number of ether oxygens (including phenoxy) is 3. The zero-order valence-corrected chi connectivity index (χ0v) is 8.54. The molecule has 0 radical (unpaired) electrons. The Kier molecular flexibility index (Phi) is 3.43. The topological polar surface area (TPSA) is 57.7 Å². The predicted molar refractivity (Wildman–Crippen MR) is 48.6 cm³/mol. The van der Waals surface area contributed by atoms with Crippen LogP contribution < -0.4 is 9.47 Å². The summed E-state index contributed by atoms with van der Waals surface area (Å²) in [6.07, 6.45) is 0. The van der Waals surface area contributed by atoms with Gasteiger partial charge < -0.3 is 14.2 Å². The van der Waals surface area contributed by atoms with Crippen LogP contribution in [0.3, 0.4) is 0 Å². The molecule has 5 nitrogen and oxygen atoms in total. The maximum atomic E-state index is 13.2. The SMILES string of the molecule is COC(=O)c1cc(F)c(OC)nc1OC. The second-order valence-electron chi connectivity index (χ2n) is 2.53. The van der Waals surface area contributed by atoms with Crippen LogP contribution in [-0.4, -0.2) is 32.3 Å². The third-order valence-corrected chi connectivity index (χ3v) is 1.70. The molecule has 0 amide bonds. The van der Waals surface area contributed by atoms with Crippen LogP contribution in [0.15, 0.2) is 6.07 Å². The average Bonchev–Trinajstić information content (AvgIpc) is 2.27. The highest BCUT2D eigenvalue weighted by atomic mass is 19.1. The molecule has 6 heteroatoms. The van der Waals surface area contributed by atoms with Gasteiger partial charge in [-0.3, -0.25) is 0 Å². The molecule has 0 atom stereocenters. The molecule has 1 aromatic heterocycles. The fourth-order valence-electron chi connectivity index (χ4n) is 1.01. The molecule has 0 fully saturated rings. The van der Waals surface area contributed by atoms with Gasteiger partial charge >= 0.3 is 5.97 Å². The van der Waals surface area contributed by atoms with Gasteiger partial charge in [-0.1, -0.05) is 0 Å². The average molecular weight is 215 g/mol. The highest BCUT2D eigenvalue weighted by Gasteiger charge is 2.18. The number of hydrogen-bond acceptors (Lipinski definition) is 5. The van der Waals surface area contributed by atoms with Gasteiger partial charge in [0.1, 0.15) is 5.56 Å². The van der Waals surface area contributed by atoms with Crippen molar-refractivity contribution < 1.29 is 23.4 Å². The molecule has 1 heterocycles. The van der Waals surface area contributed by atoms with Gasteiger partial charge in [0.25, 0.3) is 5.88 Å². The van der Waals surface area contributed by atoms with E-state index in [-0.39, 0.29) is 17.3 Å². The summed E-state index contributed by atoms with van der Waals surface area (Å²) in [6, 6.07) is 0.955. The van der Waals surface area contributed by atoms with E-state index in [9.17, 15) is 9.18 Å². The van der Waals surface area contributed by atoms with Crippen molar-refractivity contribution in [1.29, 1.82) is 0 Å². The molecule has 82 valence electrons. The quantitative estimate of drug-likeness (QED) is 0.704. The van der Waals surface area contributed by atoms with Crippen molar-refractivity contribution in [3.63, 3.8) is 0 Å². The number of rotatable bonds is 3. The zero-order chi connectivity index (χ0) is 11.4. The molecule has 0 spiro atoms. The summed E-state index contributed by atoms with van der Waals surface area (Å²) >= 11 is 0. The van der Waals surface area contributed by atoms with Gasteiger partial charge in [-0.05, 0) is 6.07 Å². The van der Waals surface area contributed by atoms with Gasteiger partial charge in [0.2, 0.25) is 5.88 Å². The summed E-state index contributed by atoms with van der Waals surface area (Å²) < 4.78 is 27.1. The van der Waals surface area contributed by atoms with Crippen LogP contribution in [-0.2, 0) is 4.74 Å². The van der Waals surface area contributed by atoms with Crippen LogP contribution in [0.1, 0.15) is 10.4 Å². The van der Waals surface area contributed by atoms with Crippen molar-refractivity contribution in [1.82, 2.24) is 4.98 Å². The Hall–Kier alpha value is -1.85. The molecule has 15 heavy (non-hydrogen) atoms. The fourth-order valence-corrected chi connectivity index (χ4v) is 1.01. The first-order valence-electron chi connectivity index (χ1n) is 4.00. The lowest BCUT2D eigenvalue weighted by Crippen LogP contribution is -2.07. The molecule has 0 saturated carbocycles. The van der Waals surface area contributed by atoms with Gasteiger partial charge in [-0.2, -0.15) is 4.98 Å². The summed E-state index contributed by atoms with van der Waals surface area (Å²) in [7, 11) is 3.76. The number of carbonyl (C=O) groups is 1. The standard InChI is InChI=1S/C9H10FNO4/c1-13-7-5(9(12)15-3)4-6(10)8(11-7)14-2/h4H,1-3H3. The normalized spacial score (nSPS) is 9.60. The molecule has 0 aliphatic carbocycles. The lowest BCUT2D eigenvalue weighted by Gasteiger charge is -2.08. The van der Waals surface area contributed by atoms with E-state index in [2.05, 4.69) is 14.5 Å². The van der Waals surface area contributed by atoms with Crippen LogP contribution in [0.2, 0.25) is 0 Å². The summed E-state index contributed by atoms with van der Waals surface area (Å²) in [5.41, 5.74) is -0.0849. The van der Waals surface area contributed by atoms with Crippen molar-refractivity contribution in [2.24, 2.45) is 0 Å². The molecule has 0 N–H and O–H groups in total. The number of halogens is 1. The maximum Gasteiger partial charge on any atom is 0.343 e. The first kappa shape index (κ1) is 11.2. The van der Waals surface area contributed by atoms with E-state index in [0.717, 1.165) is 6.07 Å². The Bertz CT molecular complexity index is 381. The number of carbonyl (C=O) groups excluding carboxylic acids is 1. The third-order valence-electron chi connectivity index (χ3n) is 1.70.